The van der Waals surface area contributed by atoms with Crippen molar-refractivity contribution in [3.05, 3.63) is 82.5 Å². The summed E-state index contributed by atoms with van der Waals surface area (Å²) < 4.78 is 1.68. The standard InChI is InChI=1S/C22H22ClN5O2/c23-18-8-4-3-7-17(18)13-28-20(9-10-25-28)26-21(29)14-27-12-16-6-2-1-5-15(16)11-19(27)22(24)30/h1-10,19H,11-14H2,(H2,24,30)(H,26,29)/t19-/m0/s1. The van der Waals surface area contributed by atoms with Crippen molar-refractivity contribution in [1.82, 2.24) is 14.7 Å². The summed E-state index contributed by atoms with van der Waals surface area (Å²) in [6.45, 7) is 0.985. The second-order valence-electron chi connectivity index (χ2n) is 7.31. The second-order valence-corrected chi connectivity index (χ2v) is 7.72. The number of hydrogen-bond acceptors (Lipinski definition) is 4. The number of benzene rings is 2. The van der Waals surface area contributed by atoms with Crippen molar-refractivity contribution >= 4 is 29.2 Å². The Kier molecular flexibility index (Phi) is 5.83. The van der Waals surface area contributed by atoms with Crippen LogP contribution in [0.15, 0.2) is 60.8 Å². The van der Waals surface area contributed by atoms with Crippen molar-refractivity contribution in [2.75, 3.05) is 11.9 Å². The molecule has 3 N–H and O–H groups in total. The van der Waals surface area contributed by atoms with E-state index in [1.54, 1.807) is 16.9 Å². The zero-order chi connectivity index (χ0) is 21.1. The molecule has 0 unspecified atom stereocenters. The normalized spacial score (nSPS) is 16.1. The average molecular weight is 424 g/mol. The molecule has 7 nitrogen and oxygen atoms in total. The number of fused-ring (bicyclic) bond motifs is 1. The summed E-state index contributed by atoms with van der Waals surface area (Å²) in [5.74, 6) is -0.101. The lowest BCUT2D eigenvalue weighted by Gasteiger charge is -2.34. The summed E-state index contributed by atoms with van der Waals surface area (Å²) in [5, 5.41) is 7.81. The van der Waals surface area contributed by atoms with Crippen LogP contribution in [-0.2, 0) is 29.1 Å². The van der Waals surface area contributed by atoms with Crippen LogP contribution in [0.3, 0.4) is 0 Å². The first-order valence-corrected chi connectivity index (χ1v) is 10.0. The first kappa shape index (κ1) is 20.1. The van der Waals surface area contributed by atoms with Gasteiger partial charge < -0.3 is 11.1 Å². The van der Waals surface area contributed by atoms with E-state index in [-0.39, 0.29) is 12.5 Å². The summed E-state index contributed by atoms with van der Waals surface area (Å²) in [6, 6.07) is 16.6. The smallest absolute Gasteiger partial charge is 0.239 e. The lowest BCUT2D eigenvalue weighted by Crippen LogP contribution is -2.51. The van der Waals surface area contributed by atoms with Crippen LogP contribution in [0.5, 0.6) is 0 Å². The predicted molar refractivity (Wildman–Crippen MR) is 115 cm³/mol. The molecule has 0 bridgehead atoms. The van der Waals surface area contributed by atoms with Gasteiger partial charge in [-0.05, 0) is 29.2 Å². The lowest BCUT2D eigenvalue weighted by atomic mass is 9.93. The Morgan fingerprint density at radius 1 is 1.10 bits per heavy atom. The van der Waals surface area contributed by atoms with Crippen LogP contribution in [0, 0.1) is 0 Å². The molecule has 0 radical (unpaired) electrons. The van der Waals surface area contributed by atoms with Gasteiger partial charge in [0, 0.05) is 17.6 Å². The van der Waals surface area contributed by atoms with Crippen LogP contribution in [0.4, 0.5) is 5.82 Å². The largest absolute Gasteiger partial charge is 0.368 e. The molecule has 3 aromatic rings. The van der Waals surface area contributed by atoms with Crippen LogP contribution in [-0.4, -0.2) is 39.1 Å². The molecule has 2 aromatic carbocycles. The summed E-state index contributed by atoms with van der Waals surface area (Å²) >= 11 is 6.24. The average Bonchev–Trinajstić information content (AvgIpc) is 3.15. The van der Waals surface area contributed by atoms with Crippen molar-refractivity contribution in [3.63, 3.8) is 0 Å². The van der Waals surface area contributed by atoms with E-state index in [1.165, 1.54) is 0 Å². The highest BCUT2D eigenvalue weighted by Gasteiger charge is 2.31. The minimum Gasteiger partial charge on any atom is -0.368 e. The van der Waals surface area contributed by atoms with Crippen LogP contribution in [0.1, 0.15) is 16.7 Å². The van der Waals surface area contributed by atoms with E-state index >= 15 is 0 Å². The number of aromatic nitrogens is 2. The van der Waals surface area contributed by atoms with Gasteiger partial charge in [-0.25, -0.2) is 4.68 Å². The van der Waals surface area contributed by atoms with E-state index in [1.807, 2.05) is 53.4 Å². The summed E-state index contributed by atoms with van der Waals surface area (Å²) in [5.41, 5.74) is 8.71. The Labute approximate surface area is 179 Å². The molecule has 1 aromatic heterocycles. The number of amides is 2. The number of rotatable bonds is 6. The molecule has 8 heteroatoms. The van der Waals surface area contributed by atoms with Crippen molar-refractivity contribution in [2.45, 2.75) is 25.6 Å². The number of anilines is 1. The lowest BCUT2D eigenvalue weighted by molar-refractivity contribution is -0.125. The SMILES string of the molecule is NC(=O)[C@@H]1Cc2ccccc2CN1CC(=O)Nc1ccnn1Cc1ccccc1Cl. The van der Waals surface area contributed by atoms with Crippen molar-refractivity contribution < 1.29 is 9.59 Å². The van der Waals surface area contributed by atoms with Gasteiger partial charge in [-0.15, -0.1) is 0 Å². The molecule has 0 fully saturated rings. The predicted octanol–water partition coefficient (Wildman–Crippen LogP) is 2.44. The fourth-order valence-electron chi connectivity index (χ4n) is 3.74. The van der Waals surface area contributed by atoms with Crippen molar-refractivity contribution in [3.8, 4) is 0 Å². The Hall–Kier alpha value is -3.16. The molecular weight excluding hydrogens is 402 g/mol. The molecular formula is C22H22ClN5O2. The molecule has 1 aliphatic heterocycles. The highest BCUT2D eigenvalue weighted by Crippen LogP contribution is 2.23. The Morgan fingerprint density at radius 3 is 2.60 bits per heavy atom. The third kappa shape index (κ3) is 4.37. The molecule has 1 atom stereocenters. The minimum absolute atomic E-state index is 0.0548. The third-order valence-electron chi connectivity index (χ3n) is 5.28. The van der Waals surface area contributed by atoms with Gasteiger partial charge in [-0.1, -0.05) is 54.1 Å². The second kappa shape index (κ2) is 8.69. The number of halogens is 1. The maximum atomic E-state index is 12.8. The summed E-state index contributed by atoms with van der Waals surface area (Å²) in [4.78, 5) is 26.6. The number of carbonyl (C=O) groups excluding carboxylic acids is 2. The topological polar surface area (TPSA) is 93.2 Å². The quantitative estimate of drug-likeness (QED) is 0.636. The van der Waals surface area contributed by atoms with Gasteiger partial charge in [-0.3, -0.25) is 14.5 Å². The summed E-state index contributed by atoms with van der Waals surface area (Å²) in [6.07, 6.45) is 2.12. The maximum absolute atomic E-state index is 12.8. The van der Waals surface area contributed by atoms with Crippen LogP contribution in [0.25, 0.3) is 0 Å². The maximum Gasteiger partial charge on any atom is 0.239 e. The monoisotopic (exact) mass is 423 g/mol. The number of carbonyl (C=O) groups is 2. The molecule has 1 aliphatic rings. The molecule has 2 amide bonds. The molecule has 154 valence electrons. The first-order chi connectivity index (χ1) is 14.5. The van der Waals surface area contributed by atoms with Gasteiger partial charge >= 0.3 is 0 Å². The van der Waals surface area contributed by atoms with Crippen LogP contribution in [0.2, 0.25) is 5.02 Å². The Bertz CT molecular complexity index is 1080. The van der Waals surface area contributed by atoms with E-state index in [9.17, 15) is 9.59 Å². The minimum atomic E-state index is -0.515. The Balaban J connectivity index is 1.46. The fraction of sp³-hybridized carbons (Fsp3) is 0.227. The van der Waals surface area contributed by atoms with Crippen molar-refractivity contribution in [1.29, 1.82) is 0 Å². The van der Waals surface area contributed by atoms with E-state index in [2.05, 4.69) is 10.4 Å². The zero-order valence-electron chi connectivity index (χ0n) is 16.3. The zero-order valence-corrected chi connectivity index (χ0v) is 17.0. The molecule has 30 heavy (non-hydrogen) atoms. The van der Waals surface area contributed by atoms with Gasteiger partial charge in [0.25, 0.3) is 0 Å². The van der Waals surface area contributed by atoms with Gasteiger partial charge in [0.2, 0.25) is 11.8 Å². The van der Waals surface area contributed by atoms with E-state index in [0.717, 1.165) is 16.7 Å². The van der Waals surface area contributed by atoms with Gasteiger partial charge in [-0.2, -0.15) is 5.10 Å². The van der Waals surface area contributed by atoms with Crippen molar-refractivity contribution in [2.24, 2.45) is 5.73 Å². The fourth-order valence-corrected chi connectivity index (χ4v) is 3.94. The number of primary amides is 1. The molecule has 0 saturated heterocycles. The van der Waals surface area contributed by atoms with Crippen LogP contribution >= 0.6 is 11.6 Å². The van der Waals surface area contributed by atoms with E-state index < -0.39 is 11.9 Å². The van der Waals surface area contributed by atoms with E-state index in [0.29, 0.717) is 30.4 Å². The van der Waals surface area contributed by atoms with E-state index in [4.69, 9.17) is 17.3 Å². The molecule has 0 aliphatic carbocycles. The Morgan fingerprint density at radius 2 is 1.83 bits per heavy atom. The van der Waals surface area contributed by atoms with Gasteiger partial charge in [0.1, 0.15) is 5.82 Å². The number of hydrogen-bond donors (Lipinski definition) is 2. The molecule has 0 saturated carbocycles. The first-order valence-electron chi connectivity index (χ1n) is 9.66. The number of nitrogens with one attached hydrogen (secondary N) is 1. The molecule has 0 spiro atoms. The highest BCUT2D eigenvalue weighted by atomic mass is 35.5. The highest BCUT2D eigenvalue weighted by molar-refractivity contribution is 6.31. The third-order valence-corrected chi connectivity index (χ3v) is 5.65. The molecule has 2 heterocycles. The summed E-state index contributed by atoms with van der Waals surface area (Å²) in [7, 11) is 0. The number of nitrogens with two attached hydrogens (primary N) is 1. The molecule has 4 rings (SSSR count). The van der Waals surface area contributed by atoms with Gasteiger partial charge in [0.05, 0.1) is 25.3 Å². The number of nitrogens with zero attached hydrogens (tertiary/aromatic N) is 3. The van der Waals surface area contributed by atoms with Crippen LogP contribution < -0.4 is 11.1 Å². The van der Waals surface area contributed by atoms with Gasteiger partial charge in [0.15, 0.2) is 0 Å².